The second-order valence-electron chi connectivity index (χ2n) is 5.56. The van der Waals surface area contributed by atoms with Crippen molar-refractivity contribution in [3.05, 3.63) is 0 Å². The van der Waals surface area contributed by atoms with Crippen molar-refractivity contribution in [1.82, 2.24) is 4.90 Å². The van der Waals surface area contributed by atoms with Crippen LogP contribution in [0.25, 0.3) is 0 Å². The van der Waals surface area contributed by atoms with Gasteiger partial charge in [0.25, 0.3) is 0 Å². The first-order valence-corrected chi connectivity index (χ1v) is 9.52. The third kappa shape index (κ3) is 6.88. The molecule has 0 bridgehead atoms. The highest BCUT2D eigenvalue weighted by Gasteiger charge is 2.39. The summed E-state index contributed by atoms with van der Waals surface area (Å²) < 4.78 is 0. The molecule has 3 atom stereocenters. The highest BCUT2D eigenvalue weighted by molar-refractivity contribution is 8.14. The van der Waals surface area contributed by atoms with E-state index in [0.29, 0.717) is 19.4 Å². The number of carbonyl (C=O) groups is 3. The molecule has 1 saturated heterocycles. The zero-order valence-corrected chi connectivity index (χ0v) is 15.1. The first-order valence-electron chi connectivity index (χ1n) is 7.59. The van der Waals surface area contributed by atoms with Crippen LogP contribution >= 0.6 is 23.5 Å². The fraction of sp³-hybridized carbons (Fsp3) is 0.688. The number of carbonyl (C=O) groups excluding carboxylic acids is 2. The Morgan fingerprint density at radius 3 is 2.70 bits per heavy atom. The molecule has 1 aliphatic heterocycles. The van der Waals surface area contributed by atoms with Gasteiger partial charge < -0.3 is 10.0 Å². The van der Waals surface area contributed by atoms with Crippen LogP contribution in [0.15, 0.2) is 0 Å². The third-order valence-corrected chi connectivity index (χ3v) is 5.75. The molecule has 1 N–H and O–H groups in total. The van der Waals surface area contributed by atoms with Gasteiger partial charge in [0.1, 0.15) is 6.04 Å². The van der Waals surface area contributed by atoms with Crippen LogP contribution in [0.1, 0.15) is 39.5 Å². The van der Waals surface area contributed by atoms with E-state index in [1.54, 1.807) is 11.8 Å². The molecule has 1 fully saturated rings. The molecule has 0 radical (unpaired) electrons. The molecule has 1 unspecified atom stereocenters. The number of unbranched alkanes of at least 4 members (excludes halogenated alkanes) is 1. The second-order valence-corrected chi connectivity index (χ2v) is 8.58. The number of thioether (sulfide) groups is 2. The Morgan fingerprint density at radius 2 is 2.13 bits per heavy atom. The van der Waals surface area contributed by atoms with Crippen LogP contribution < -0.4 is 0 Å². The lowest BCUT2D eigenvalue weighted by atomic mass is 10.2. The molecule has 1 aliphatic rings. The summed E-state index contributed by atoms with van der Waals surface area (Å²) in [5, 5.41) is 9.30. The maximum absolute atomic E-state index is 12.4. The summed E-state index contributed by atoms with van der Waals surface area (Å²) in [5.41, 5.74) is 0. The van der Waals surface area contributed by atoms with Gasteiger partial charge in [0.2, 0.25) is 5.91 Å². The topological polar surface area (TPSA) is 74.7 Å². The van der Waals surface area contributed by atoms with Crippen molar-refractivity contribution in [1.29, 1.82) is 0 Å². The highest BCUT2D eigenvalue weighted by Crippen LogP contribution is 2.30. The van der Waals surface area contributed by atoms with Gasteiger partial charge in [0, 0.05) is 36.8 Å². The van der Waals surface area contributed by atoms with Gasteiger partial charge in [-0.3, -0.25) is 9.59 Å². The summed E-state index contributed by atoms with van der Waals surface area (Å²) in [6.07, 6.45) is 7.47. The van der Waals surface area contributed by atoms with Gasteiger partial charge in [-0.2, -0.15) is 11.8 Å². The van der Waals surface area contributed by atoms with Gasteiger partial charge in [-0.1, -0.05) is 18.7 Å². The van der Waals surface area contributed by atoms with E-state index in [2.05, 4.69) is 5.92 Å². The van der Waals surface area contributed by atoms with Crippen molar-refractivity contribution in [3.8, 4) is 12.3 Å². The van der Waals surface area contributed by atoms with Crippen molar-refractivity contribution in [2.75, 3.05) is 12.3 Å². The van der Waals surface area contributed by atoms with Gasteiger partial charge in [0.05, 0.1) is 0 Å². The van der Waals surface area contributed by atoms with E-state index in [1.165, 1.54) is 11.8 Å². The van der Waals surface area contributed by atoms with Gasteiger partial charge in [-0.25, -0.2) is 4.79 Å². The number of likely N-dealkylation sites (tertiary alicyclic amines) is 1. The Balaban J connectivity index is 2.57. The van der Waals surface area contributed by atoms with Crippen molar-refractivity contribution in [2.45, 2.75) is 56.1 Å². The van der Waals surface area contributed by atoms with Crippen molar-refractivity contribution in [3.63, 3.8) is 0 Å². The smallest absolute Gasteiger partial charge is 0.326 e. The third-order valence-electron chi connectivity index (χ3n) is 3.52. The lowest BCUT2D eigenvalue weighted by Crippen LogP contribution is -2.41. The van der Waals surface area contributed by atoms with Crippen molar-refractivity contribution >= 4 is 40.5 Å². The van der Waals surface area contributed by atoms with E-state index in [0.717, 1.165) is 23.9 Å². The van der Waals surface area contributed by atoms with Gasteiger partial charge in [-0.05, 0) is 18.6 Å². The minimum atomic E-state index is -0.961. The minimum Gasteiger partial charge on any atom is -0.480 e. The van der Waals surface area contributed by atoms with Crippen LogP contribution in [-0.4, -0.2) is 55.8 Å². The minimum absolute atomic E-state index is 0.0385. The summed E-state index contributed by atoms with van der Waals surface area (Å²) in [5.74, 6) is 2.31. The molecule has 7 heteroatoms. The molecule has 0 aromatic carbocycles. The highest BCUT2D eigenvalue weighted by atomic mass is 32.2. The molecular weight excluding hydrogens is 334 g/mol. The number of amides is 1. The molecule has 1 heterocycles. The number of carboxylic acid groups (broad SMARTS) is 1. The van der Waals surface area contributed by atoms with Crippen LogP contribution in [0.5, 0.6) is 0 Å². The Morgan fingerprint density at radius 1 is 1.43 bits per heavy atom. The summed E-state index contributed by atoms with van der Waals surface area (Å²) in [6.45, 7) is 3.72. The average Bonchev–Trinajstić information content (AvgIpc) is 2.87. The van der Waals surface area contributed by atoms with Gasteiger partial charge >= 0.3 is 5.97 Å². The molecule has 0 aromatic rings. The Hall–Kier alpha value is -1.13. The molecule has 0 aliphatic carbocycles. The second kappa shape index (κ2) is 9.89. The van der Waals surface area contributed by atoms with E-state index >= 15 is 0 Å². The number of hydrogen-bond acceptors (Lipinski definition) is 5. The zero-order chi connectivity index (χ0) is 17.4. The monoisotopic (exact) mass is 357 g/mol. The summed E-state index contributed by atoms with van der Waals surface area (Å²) in [7, 11) is 0. The number of aliphatic carboxylic acids is 1. The predicted octanol–water partition coefficient (Wildman–Crippen LogP) is 2.25. The summed E-state index contributed by atoms with van der Waals surface area (Å²) in [4.78, 5) is 36.3. The van der Waals surface area contributed by atoms with Crippen molar-refractivity contribution < 1.29 is 19.5 Å². The van der Waals surface area contributed by atoms with Gasteiger partial charge in [-0.15, -0.1) is 12.3 Å². The van der Waals surface area contributed by atoms with E-state index in [-0.39, 0.29) is 27.9 Å². The summed E-state index contributed by atoms with van der Waals surface area (Å²) in [6, 6.07) is -0.762. The predicted molar refractivity (Wildman–Crippen MR) is 94.4 cm³/mol. The maximum atomic E-state index is 12.4. The van der Waals surface area contributed by atoms with Crippen molar-refractivity contribution in [2.24, 2.45) is 0 Å². The molecule has 1 amide bonds. The number of rotatable bonds is 8. The van der Waals surface area contributed by atoms with E-state index in [1.807, 2.05) is 6.92 Å². The molecule has 1 rings (SSSR count). The average molecular weight is 357 g/mol. The first kappa shape index (κ1) is 19.9. The first-order chi connectivity index (χ1) is 10.8. The molecule has 23 heavy (non-hydrogen) atoms. The largest absolute Gasteiger partial charge is 0.480 e. The number of nitrogens with zero attached hydrogens (tertiary/aromatic N) is 1. The van der Waals surface area contributed by atoms with Gasteiger partial charge in [0.15, 0.2) is 5.12 Å². The molecule has 0 aromatic heterocycles. The van der Waals surface area contributed by atoms with E-state index in [9.17, 15) is 19.5 Å². The Kier molecular flexibility index (Phi) is 8.56. The molecular formula is C16H23NO4S2. The quantitative estimate of drug-likeness (QED) is 0.530. The SMILES string of the molecule is C#CCCCS[C@H]1C[C@@H](C(=O)O)N(C(=O)CC(C)SC(C)=O)C1. The molecule has 5 nitrogen and oxygen atoms in total. The molecule has 0 spiro atoms. The normalized spacial score (nSPS) is 21.7. The zero-order valence-electron chi connectivity index (χ0n) is 13.5. The lowest BCUT2D eigenvalue weighted by molar-refractivity contribution is -0.148. The van der Waals surface area contributed by atoms with Crippen LogP contribution in [0.4, 0.5) is 0 Å². The lowest BCUT2D eigenvalue weighted by Gasteiger charge is -2.22. The van der Waals surface area contributed by atoms with Crippen LogP contribution in [0, 0.1) is 12.3 Å². The standard InChI is InChI=1S/C16H23NO4S2/c1-4-5-6-7-22-13-9-14(16(20)21)17(10-13)15(19)8-11(2)23-12(3)18/h1,11,13-14H,5-10H2,2-3H3,(H,20,21)/t11?,13-,14-/m0/s1. The summed E-state index contributed by atoms with van der Waals surface area (Å²) >= 11 is 2.80. The molecule has 128 valence electrons. The van der Waals surface area contributed by atoms with E-state index in [4.69, 9.17) is 6.42 Å². The van der Waals surface area contributed by atoms with Crippen LogP contribution in [-0.2, 0) is 14.4 Å². The number of terminal acetylenes is 1. The van der Waals surface area contributed by atoms with Crippen LogP contribution in [0.3, 0.4) is 0 Å². The Bertz CT molecular complexity index is 489. The number of hydrogen-bond donors (Lipinski definition) is 1. The maximum Gasteiger partial charge on any atom is 0.326 e. The van der Waals surface area contributed by atoms with Crippen LogP contribution in [0.2, 0.25) is 0 Å². The Labute approximate surface area is 145 Å². The van der Waals surface area contributed by atoms with E-state index < -0.39 is 12.0 Å². The fourth-order valence-electron chi connectivity index (χ4n) is 2.54. The fourth-order valence-corrected chi connectivity index (χ4v) is 4.56. The molecule has 0 saturated carbocycles. The number of carboxylic acids is 1.